The maximum atomic E-state index is 11.7. The Balaban J connectivity index is 3.05. The Kier molecular flexibility index (Phi) is 4.63. The number of ketones is 1. The Bertz CT molecular complexity index is 347. The molecule has 0 amide bonds. The molecule has 1 rings (SSSR count). The molecule has 0 aromatic heterocycles. The summed E-state index contributed by atoms with van der Waals surface area (Å²) < 4.78 is 5.15. The minimum absolute atomic E-state index is 0.0390. The van der Waals surface area contributed by atoms with Crippen molar-refractivity contribution in [1.29, 1.82) is 0 Å². The van der Waals surface area contributed by atoms with Crippen LogP contribution >= 0.6 is 11.6 Å². The summed E-state index contributed by atoms with van der Waals surface area (Å²) in [4.78, 5) is 11.7. The van der Waals surface area contributed by atoms with E-state index in [2.05, 4.69) is 6.92 Å². The van der Waals surface area contributed by atoms with Crippen LogP contribution in [0.5, 0.6) is 5.75 Å². The maximum absolute atomic E-state index is 11.7. The van der Waals surface area contributed by atoms with Gasteiger partial charge in [-0.3, -0.25) is 4.79 Å². The lowest BCUT2D eigenvalue weighted by Gasteiger charge is -2.08. The van der Waals surface area contributed by atoms with Crippen LogP contribution in [0.25, 0.3) is 0 Å². The Morgan fingerprint density at radius 2 is 2.20 bits per heavy atom. The number of ether oxygens (including phenoxy) is 1. The Morgan fingerprint density at radius 1 is 1.47 bits per heavy atom. The molecule has 15 heavy (non-hydrogen) atoms. The number of halogens is 1. The second kappa shape index (κ2) is 5.76. The summed E-state index contributed by atoms with van der Waals surface area (Å²) in [6.45, 7) is 2.05. The largest absolute Gasteiger partial charge is 0.496 e. The third-order valence-corrected chi connectivity index (χ3v) is 2.48. The molecule has 0 saturated heterocycles. The topological polar surface area (TPSA) is 26.3 Å². The number of hydrogen-bond acceptors (Lipinski definition) is 2. The molecule has 0 radical (unpaired) electrons. The van der Waals surface area contributed by atoms with E-state index in [0.717, 1.165) is 12.0 Å². The zero-order valence-electron chi connectivity index (χ0n) is 9.05. The molecular weight excluding hydrogens is 212 g/mol. The van der Waals surface area contributed by atoms with Crippen LogP contribution in [0, 0.1) is 0 Å². The van der Waals surface area contributed by atoms with Crippen LogP contribution in [0.1, 0.15) is 29.3 Å². The van der Waals surface area contributed by atoms with Crippen LogP contribution in [0.15, 0.2) is 18.2 Å². The summed E-state index contributed by atoms with van der Waals surface area (Å²) in [7, 11) is 1.57. The molecule has 1 aromatic carbocycles. The number of hydrogen-bond donors (Lipinski definition) is 0. The van der Waals surface area contributed by atoms with Gasteiger partial charge in [0.1, 0.15) is 5.75 Å². The van der Waals surface area contributed by atoms with Crippen LogP contribution in [0.2, 0.25) is 0 Å². The van der Waals surface area contributed by atoms with Gasteiger partial charge in [-0.05, 0) is 24.1 Å². The normalized spacial score (nSPS) is 10.1. The van der Waals surface area contributed by atoms with Crippen molar-refractivity contribution in [3.63, 3.8) is 0 Å². The third-order valence-electron chi connectivity index (χ3n) is 2.29. The van der Waals surface area contributed by atoms with Crippen molar-refractivity contribution in [2.45, 2.75) is 19.8 Å². The van der Waals surface area contributed by atoms with Gasteiger partial charge >= 0.3 is 0 Å². The number of methoxy groups -OCH3 is 1. The van der Waals surface area contributed by atoms with Gasteiger partial charge in [-0.25, -0.2) is 0 Å². The van der Waals surface area contributed by atoms with Gasteiger partial charge in [0.2, 0.25) is 0 Å². The molecule has 0 spiro atoms. The molecule has 3 heteroatoms. The summed E-state index contributed by atoms with van der Waals surface area (Å²) >= 11 is 5.55. The predicted octanol–water partition coefficient (Wildman–Crippen LogP) is 3.07. The lowest BCUT2D eigenvalue weighted by atomic mass is 10.0. The molecule has 0 heterocycles. The molecule has 0 unspecified atom stereocenters. The molecule has 0 saturated carbocycles. The van der Waals surface area contributed by atoms with E-state index in [9.17, 15) is 4.79 Å². The van der Waals surface area contributed by atoms with Crippen LogP contribution in [-0.2, 0) is 6.42 Å². The van der Waals surface area contributed by atoms with Gasteiger partial charge in [-0.2, -0.15) is 0 Å². The van der Waals surface area contributed by atoms with Gasteiger partial charge < -0.3 is 4.74 Å². The first-order chi connectivity index (χ1) is 7.22. The molecule has 0 aliphatic carbocycles. The summed E-state index contributed by atoms with van der Waals surface area (Å²) in [6, 6.07) is 5.68. The number of benzene rings is 1. The van der Waals surface area contributed by atoms with Crippen LogP contribution < -0.4 is 4.74 Å². The van der Waals surface area contributed by atoms with E-state index in [0.29, 0.717) is 23.6 Å². The van der Waals surface area contributed by atoms with Crippen molar-refractivity contribution in [3.8, 4) is 5.75 Å². The average molecular weight is 227 g/mol. The highest BCUT2D eigenvalue weighted by molar-refractivity contribution is 6.19. The molecule has 2 nitrogen and oxygen atoms in total. The highest BCUT2D eigenvalue weighted by Gasteiger charge is 2.11. The highest BCUT2D eigenvalue weighted by atomic mass is 35.5. The lowest BCUT2D eigenvalue weighted by Crippen LogP contribution is -2.03. The molecular formula is C12H15ClO2. The Hall–Kier alpha value is -1.02. The first-order valence-corrected chi connectivity index (χ1v) is 5.52. The number of Topliss-reactive ketones (excluding diaryl/α,β-unsaturated/α-hetero) is 1. The molecule has 0 N–H and O–H groups in total. The van der Waals surface area contributed by atoms with Gasteiger partial charge in [0, 0.05) is 12.3 Å². The monoisotopic (exact) mass is 226 g/mol. The van der Waals surface area contributed by atoms with E-state index in [1.165, 1.54) is 0 Å². The van der Waals surface area contributed by atoms with Gasteiger partial charge in [0.05, 0.1) is 12.7 Å². The summed E-state index contributed by atoms with van der Waals surface area (Å²) in [5, 5.41) is 0. The Morgan fingerprint density at radius 3 is 2.73 bits per heavy atom. The van der Waals surface area contributed by atoms with Gasteiger partial charge in [0.25, 0.3) is 0 Å². The van der Waals surface area contributed by atoms with E-state index in [1.807, 2.05) is 18.2 Å². The molecule has 1 aromatic rings. The van der Waals surface area contributed by atoms with Crippen molar-refractivity contribution < 1.29 is 9.53 Å². The zero-order chi connectivity index (χ0) is 11.3. The van der Waals surface area contributed by atoms with E-state index >= 15 is 0 Å². The fourth-order valence-electron chi connectivity index (χ4n) is 1.41. The highest BCUT2D eigenvalue weighted by Crippen LogP contribution is 2.21. The van der Waals surface area contributed by atoms with Crippen molar-refractivity contribution in [2.24, 2.45) is 0 Å². The van der Waals surface area contributed by atoms with E-state index in [1.54, 1.807) is 7.11 Å². The smallest absolute Gasteiger partial charge is 0.167 e. The van der Waals surface area contributed by atoms with Crippen molar-refractivity contribution in [3.05, 3.63) is 29.3 Å². The van der Waals surface area contributed by atoms with Gasteiger partial charge in [-0.1, -0.05) is 13.0 Å². The maximum Gasteiger partial charge on any atom is 0.167 e. The van der Waals surface area contributed by atoms with Crippen molar-refractivity contribution in [2.75, 3.05) is 13.0 Å². The molecule has 0 bridgehead atoms. The molecule has 0 fully saturated rings. The second-order valence-corrected chi connectivity index (χ2v) is 3.63. The molecule has 82 valence electrons. The van der Waals surface area contributed by atoms with Crippen LogP contribution in [0.3, 0.4) is 0 Å². The van der Waals surface area contributed by atoms with Crippen molar-refractivity contribution in [1.82, 2.24) is 0 Å². The fourth-order valence-corrected chi connectivity index (χ4v) is 1.59. The van der Waals surface area contributed by atoms with E-state index in [-0.39, 0.29) is 5.78 Å². The minimum atomic E-state index is 0.0390. The minimum Gasteiger partial charge on any atom is -0.496 e. The SMILES string of the molecule is CCc1ccc(OC)c(C(=O)CCCl)c1. The van der Waals surface area contributed by atoms with E-state index < -0.39 is 0 Å². The molecule has 0 aliphatic rings. The average Bonchev–Trinajstić information content (AvgIpc) is 2.28. The van der Waals surface area contributed by atoms with Gasteiger partial charge in [0.15, 0.2) is 5.78 Å². The zero-order valence-corrected chi connectivity index (χ0v) is 9.80. The second-order valence-electron chi connectivity index (χ2n) is 3.25. The van der Waals surface area contributed by atoms with Crippen molar-refractivity contribution >= 4 is 17.4 Å². The summed E-state index contributed by atoms with van der Waals surface area (Å²) in [6.07, 6.45) is 1.26. The number of carbonyl (C=O) groups is 1. The van der Waals surface area contributed by atoms with Crippen LogP contribution in [-0.4, -0.2) is 18.8 Å². The molecule has 0 atom stereocenters. The summed E-state index contributed by atoms with van der Waals surface area (Å²) in [5.74, 6) is 1.01. The quantitative estimate of drug-likeness (QED) is 0.570. The predicted molar refractivity (Wildman–Crippen MR) is 62.0 cm³/mol. The van der Waals surface area contributed by atoms with Crippen LogP contribution in [0.4, 0.5) is 0 Å². The first kappa shape index (κ1) is 12.1. The summed E-state index contributed by atoms with van der Waals surface area (Å²) in [5.41, 5.74) is 1.77. The number of aryl methyl sites for hydroxylation is 1. The van der Waals surface area contributed by atoms with Gasteiger partial charge in [-0.15, -0.1) is 11.6 Å². The fraction of sp³-hybridized carbons (Fsp3) is 0.417. The Labute approximate surface area is 95.2 Å². The molecule has 0 aliphatic heterocycles. The lowest BCUT2D eigenvalue weighted by molar-refractivity contribution is 0.0986. The number of carbonyl (C=O) groups excluding carboxylic acids is 1. The van der Waals surface area contributed by atoms with E-state index in [4.69, 9.17) is 16.3 Å². The standard InChI is InChI=1S/C12H15ClO2/c1-3-9-4-5-12(15-2)10(8-9)11(14)6-7-13/h4-5,8H,3,6-7H2,1-2H3. The third kappa shape index (κ3) is 2.96. The first-order valence-electron chi connectivity index (χ1n) is 4.99. The number of rotatable bonds is 5. The number of alkyl halides is 1.